The molecule has 0 aliphatic carbocycles. The maximum absolute atomic E-state index is 12.7. The summed E-state index contributed by atoms with van der Waals surface area (Å²) in [4.78, 5) is 47.4. The molecule has 4 N–H and O–H groups in total. The highest BCUT2D eigenvalue weighted by Gasteiger charge is 2.18. The number of amides is 2. The summed E-state index contributed by atoms with van der Waals surface area (Å²) in [5, 5.41) is 22.5. The van der Waals surface area contributed by atoms with E-state index < -0.39 is 24.5 Å². The Hall–Kier alpha value is -2.94. The van der Waals surface area contributed by atoms with Gasteiger partial charge in [-0.2, -0.15) is 0 Å². The molecule has 0 aromatic heterocycles. The van der Waals surface area contributed by atoms with Crippen LogP contribution in [0.4, 0.5) is 0 Å². The molecule has 53 heavy (non-hydrogen) atoms. The molecule has 9 nitrogen and oxygen atoms in total. The van der Waals surface area contributed by atoms with E-state index in [4.69, 9.17) is 14.9 Å². The van der Waals surface area contributed by atoms with E-state index in [9.17, 15) is 19.2 Å². The molecule has 0 spiro atoms. The van der Waals surface area contributed by atoms with E-state index in [0.717, 1.165) is 77.0 Å². The van der Waals surface area contributed by atoms with Crippen molar-refractivity contribution in [3.63, 3.8) is 0 Å². The highest BCUT2D eigenvalue weighted by Crippen LogP contribution is 2.15. The molecule has 0 bridgehead atoms. The number of ether oxygens (including phenoxy) is 1. The van der Waals surface area contributed by atoms with E-state index >= 15 is 0 Å². The van der Waals surface area contributed by atoms with Gasteiger partial charge in [0, 0.05) is 12.8 Å². The number of carboxylic acid groups (broad SMARTS) is 1. The van der Waals surface area contributed by atoms with Crippen molar-refractivity contribution in [2.75, 3.05) is 13.2 Å². The molecule has 0 aliphatic heterocycles. The number of rotatable bonds is 38. The van der Waals surface area contributed by atoms with Crippen molar-refractivity contribution in [3.05, 3.63) is 36.5 Å². The van der Waals surface area contributed by atoms with Gasteiger partial charge in [-0.05, 0) is 76.7 Å². The van der Waals surface area contributed by atoms with E-state index in [-0.39, 0.29) is 24.5 Å². The van der Waals surface area contributed by atoms with Gasteiger partial charge in [0.05, 0.1) is 13.2 Å². The largest absolute Gasteiger partial charge is 0.480 e. The minimum Gasteiger partial charge on any atom is -0.480 e. The van der Waals surface area contributed by atoms with Crippen molar-refractivity contribution in [2.45, 2.75) is 206 Å². The molecular weight excluding hydrogens is 668 g/mol. The number of aliphatic hydroxyl groups excluding tert-OH is 1. The van der Waals surface area contributed by atoms with E-state index in [1.54, 1.807) is 0 Å². The molecule has 0 heterocycles. The molecule has 0 aromatic carbocycles. The van der Waals surface area contributed by atoms with Crippen molar-refractivity contribution in [2.24, 2.45) is 0 Å². The van der Waals surface area contributed by atoms with E-state index in [1.807, 2.05) is 0 Å². The van der Waals surface area contributed by atoms with Gasteiger partial charge in [0.2, 0.25) is 11.8 Å². The molecule has 2 unspecified atom stereocenters. The third-order valence-corrected chi connectivity index (χ3v) is 9.34. The van der Waals surface area contributed by atoms with Gasteiger partial charge in [-0.25, -0.2) is 4.79 Å². The number of nitrogens with one attached hydrogen (secondary N) is 2. The predicted octanol–water partition coefficient (Wildman–Crippen LogP) is 10.2. The summed E-state index contributed by atoms with van der Waals surface area (Å²) in [5.41, 5.74) is 0. The lowest BCUT2D eigenvalue weighted by Gasteiger charge is -2.15. The fraction of sp³-hybridized carbons (Fsp3) is 0.773. The average Bonchev–Trinajstić information content (AvgIpc) is 3.14. The molecule has 2 amide bonds. The fourth-order valence-corrected chi connectivity index (χ4v) is 6.01. The van der Waals surface area contributed by atoms with Crippen molar-refractivity contribution in [3.8, 4) is 0 Å². The summed E-state index contributed by atoms with van der Waals surface area (Å²) in [7, 11) is 0. The minimum absolute atomic E-state index is 0.102. The van der Waals surface area contributed by atoms with Crippen LogP contribution in [0.25, 0.3) is 0 Å². The number of esters is 1. The lowest BCUT2D eigenvalue weighted by Crippen LogP contribution is -2.47. The zero-order valence-electron chi connectivity index (χ0n) is 33.8. The maximum Gasteiger partial charge on any atom is 0.328 e. The highest BCUT2D eigenvalue weighted by molar-refractivity contribution is 5.87. The predicted molar refractivity (Wildman–Crippen MR) is 218 cm³/mol. The second-order valence-electron chi connectivity index (χ2n) is 14.4. The molecule has 0 saturated heterocycles. The van der Waals surface area contributed by atoms with Crippen molar-refractivity contribution in [1.29, 1.82) is 0 Å². The summed E-state index contributed by atoms with van der Waals surface area (Å²) in [6.45, 7) is 3.45. The lowest BCUT2D eigenvalue weighted by atomic mass is 10.1. The van der Waals surface area contributed by atoms with Crippen molar-refractivity contribution < 1.29 is 34.1 Å². The van der Waals surface area contributed by atoms with Crippen LogP contribution in [0.15, 0.2) is 36.5 Å². The summed E-state index contributed by atoms with van der Waals surface area (Å²) >= 11 is 0. The van der Waals surface area contributed by atoms with Crippen molar-refractivity contribution >= 4 is 23.8 Å². The number of allylic oxidation sites excluding steroid dienone is 5. The number of carboxylic acids is 1. The highest BCUT2D eigenvalue weighted by atomic mass is 16.5. The Balaban J connectivity index is 4.30. The summed E-state index contributed by atoms with van der Waals surface area (Å²) in [6, 6.07) is -1.38. The Morgan fingerprint density at radius 1 is 0.585 bits per heavy atom. The first kappa shape index (κ1) is 50.1. The molecule has 9 heteroatoms. The summed E-state index contributed by atoms with van der Waals surface area (Å²) in [6.07, 6.45) is 43.3. The van der Waals surface area contributed by atoms with Crippen LogP contribution in [0, 0.1) is 0 Å². The molecule has 0 fully saturated rings. The normalized spacial score (nSPS) is 12.8. The Bertz CT molecular complexity index is 994. The van der Waals surface area contributed by atoms with Crippen LogP contribution < -0.4 is 10.6 Å². The number of carbonyl (C=O) groups is 4. The fourth-order valence-electron chi connectivity index (χ4n) is 6.01. The number of hydrogen-bond donors (Lipinski definition) is 4. The first-order chi connectivity index (χ1) is 25.8. The van der Waals surface area contributed by atoms with Crippen LogP contribution >= 0.6 is 0 Å². The van der Waals surface area contributed by atoms with Crippen LogP contribution in [0.3, 0.4) is 0 Å². The Kier molecular flexibility index (Phi) is 36.6. The molecule has 0 rings (SSSR count). The smallest absolute Gasteiger partial charge is 0.328 e. The first-order valence-electron chi connectivity index (χ1n) is 21.4. The quantitative estimate of drug-likeness (QED) is 0.0280. The van der Waals surface area contributed by atoms with E-state index in [0.29, 0.717) is 19.3 Å². The number of aliphatic hydroxyl groups is 1. The van der Waals surface area contributed by atoms with Crippen LogP contribution in [0.5, 0.6) is 0 Å². The van der Waals surface area contributed by atoms with Gasteiger partial charge >= 0.3 is 11.9 Å². The topological polar surface area (TPSA) is 142 Å². The molecule has 0 radical (unpaired) electrons. The first-order valence-corrected chi connectivity index (χ1v) is 21.4. The zero-order valence-corrected chi connectivity index (χ0v) is 33.8. The molecule has 306 valence electrons. The van der Waals surface area contributed by atoms with Gasteiger partial charge in [-0.1, -0.05) is 141 Å². The third kappa shape index (κ3) is 35.8. The molecule has 2 atom stereocenters. The van der Waals surface area contributed by atoms with E-state index in [2.05, 4.69) is 60.9 Å². The molecule has 0 aliphatic rings. The number of hydrogen-bond acceptors (Lipinski definition) is 6. The summed E-state index contributed by atoms with van der Waals surface area (Å²) in [5.74, 6) is -2.36. The zero-order chi connectivity index (χ0) is 39.0. The molecule has 0 aromatic rings. The van der Waals surface area contributed by atoms with Gasteiger partial charge in [-0.3, -0.25) is 14.4 Å². The van der Waals surface area contributed by atoms with Crippen LogP contribution in [-0.2, 0) is 23.9 Å². The van der Waals surface area contributed by atoms with Gasteiger partial charge in [0.25, 0.3) is 0 Å². The monoisotopic (exact) mass is 747 g/mol. The second-order valence-corrected chi connectivity index (χ2v) is 14.4. The number of unbranched alkanes of at least 4 members (excludes halogenated alkanes) is 20. The third-order valence-electron chi connectivity index (χ3n) is 9.34. The van der Waals surface area contributed by atoms with Gasteiger partial charge in [0.1, 0.15) is 12.1 Å². The van der Waals surface area contributed by atoms with Gasteiger partial charge in [0.15, 0.2) is 0 Å². The lowest BCUT2D eigenvalue weighted by molar-refractivity contribution is -0.147. The summed E-state index contributed by atoms with van der Waals surface area (Å²) < 4.78 is 5.92. The average molecular weight is 747 g/mol. The molecular formula is C44H78N2O7. The van der Waals surface area contributed by atoms with Crippen LogP contribution in [-0.4, -0.2) is 59.3 Å². The maximum atomic E-state index is 12.7. The number of carbonyl (C=O) groups excluding carboxylic acids is 3. The SMILES string of the molecule is CCCCCC/C=C\C/C=C\C(CCCCCCCCC(=O)NCC(=O)NC(CO)C(=O)O)OC(=O)CCCCCCC/C=C\CCCCCCCC. The van der Waals surface area contributed by atoms with Crippen LogP contribution in [0.2, 0.25) is 0 Å². The van der Waals surface area contributed by atoms with E-state index in [1.165, 1.54) is 83.5 Å². The Morgan fingerprint density at radius 3 is 1.64 bits per heavy atom. The number of aliphatic carboxylic acids is 1. The second kappa shape index (κ2) is 38.8. The Labute approximate surface area is 323 Å². The van der Waals surface area contributed by atoms with Crippen molar-refractivity contribution in [1.82, 2.24) is 10.6 Å². The van der Waals surface area contributed by atoms with Gasteiger partial charge in [-0.15, -0.1) is 0 Å². The standard InChI is InChI=1S/C44H78N2O7/c1-3-5-7-9-11-13-14-15-16-17-18-20-22-28-32-36-43(50)53-39(33-29-25-21-19-12-10-8-6-4-2)34-30-26-23-24-27-31-35-41(48)45-37-42(49)46-40(38-47)44(51)52/h15-16,19,21,29,33,39-40,47H,3-14,17-18,20,22-28,30-32,34-38H2,1-2H3,(H,45,48)(H,46,49)(H,51,52)/b16-15-,21-19-,33-29-. The van der Waals surface area contributed by atoms with Gasteiger partial charge < -0.3 is 25.6 Å². The Morgan fingerprint density at radius 2 is 1.08 bits per heavy atom. The van der Waals surface area contributed by atoms with Crippen LogP contribution in [0.1, 0.15) is 194 Å². The minimum atomic E-state index is -1.38. The molecule has 0 saturated carbocycles.